The Morgan fingerprint density at radius 2 is 1.58 bits per heavy atom. The number of aromatic nitrogens is 2. The van der Waals surface area contributed by atoms with E-state index >= 15 is 0 Å². The van der Waals surface area contributed by atoms with E-state index in [0.29, 0.717) is 24.0 Å². The van der Waals surface area contributed by atoms with Crippen molar-refractivity contribution in [2.45, 2.75) is 12.7 Å². The van der Waals surface area contributed by atoms with Crippen LogP contribution in [0.4, 0.5) is 35.0 Å². The largest absolute Gasteiger partial charge is 0.416 e. The Kier molecular flexibility index (Phi) is 5.01. The van der Waals surface area contributed by atoms with E-state index in [1.165, 1.54) is 30.5 Å². The van der Waals surface area contributed by atoms with E-state index in [1.54, 1.807) is 18.2 Å². The van der Waals surface area contributed by atoms with E-state index in [2.05, 4.69) is 20.6 Å². The van der Waals surface area contributed by atoms with Crippen molar-refractivity contribution in [3.8, 4) is 0 Å². The van der Waals surface area contributed by atoms with Crippen molar-refractivity contribution in [1.82, 2.24) is 9.97 Å². The van der Waals surface area contributed by atoms with Crippen LogP contribution in [0.1, 0.15) is 11.1 Å². The lowest BCUT2D eigenvalue weighted by molar-refractivity contribution is -0.137. The van der Waals surface area contributed by atoms with Crippen LogP contribution < -0.4 is 10.6 Å². The van der Waals surface area contributed by atoms with Crippen molar-refractivity contribution < 1.29 is 17.6 Å². The predicted octanol–water partition coefficient (Wildman–Crippen LogP) is 4.99. The molecule has 8 heteroatoms. The SMILES string of the molecule is Fc1ccc(CNc2nccc(Nc3ccc(C(F)(F)F)cc3)n2)cc1. The van der Waals surface area contributed by atoms with E-state index < -0.39 is 11.7 Å². The number of benzene rings is 2. The predicted molar refractivity (Wildman–Crippen MR) is 90.5 cm³/mol. The second kappa shape index (κ2) is 7.38. The van der Waals surface area contributed by atoms with Gasteiger partial charge in [-0.15, -0.1) is 0 Å². The van der Waals surface area contributed by atoms with Gasteiger partial charge in [0.2, 0.25) is 5.95 Å². The Hall–Kier alpha value is -3.16. The van der Waals surface area contributed by atoms with Crippen LogP contribution in [0.3, 0.4) is 0 Å². The van der Waals surface area contributed by atoms with Gasteiger partial charge in [-0.05, 0) is 48.0 Å². The summed E-state index contributed by atoms with van der Waals surface area (Å²) < 4.78 is 50.6. The highest BCUT2D eigenvalue weighted by molar-refractivity contribution is 5.57. The van der Waals surface area contributed by atoms with Crippen LogP contribution in [0.2, 0.25) is 0 Å². The van der Waals surface area contributed by atoms with Crippen LogP contribution >= 0.6 is 0 Å². The lowest BCUT2D eigenvalue weighted by Gasteiger charge is -2.10. The molecule has 2 aromatic carbocycles. The molecular formula is C18H14F4N4. The quantitative estimate of drug-likeness (QED) is 0.628. The van der Waals surface area contributed by atoms with Crippen molar-refractivity contribution in [3.63, 3.8) is 0 Å². The molecule has 0 fully saturated rings. The molecule has 26 heavy (non-hydrogen) atoms. The molecule has 0 radical (unpaired) electrons. The molecule has 4 nitrogen and oxygen atoms in total. The number of nitrogens with one attached hydrogen (secondary N) is 2. The molecular weight excluding hydrogens is 348 g/mol. The summed E-state index contributed by atoms with van der Waals surface area (Å²) in [5.41, 5.74) is 0.615. The number of nitrogens with zero attached hydrogens (tertiary/aromatic N) is 2. The van der Waals surface area contributed by atoms with Crippen LogP contribution in [0.5, 0.6) is 0 Å². The lowest BCUT2D eigenvalue weighted by Crippen LogP contribution is -2.06. The van der Waals surface area contributed by atoms with E-state index in [4.69, 9.17) is 0 Å². The molecule has 0 aliphatic carbocycles. The molecule has 134 valence electrons. The fourth-order valence-corrected chi connectivity index (χ4v) is 2.19. The Morgan fingerprint density at radius 3 is 2.23 bits per heavy atom. The normalized spacial score (nSPS) is 11.2. The van der Waals surface area contributed by atoms with Crippen molar-refractivity contribution in [1.29, 1.82) is 0 Å². The van der Waals surface area contributed by atoms with Crippen LogP contribution in [-0.4, -0.2) is 9.97 Å². The van der Waals surface area contributed by atoms with Gasteiger partial charge in [-0.1, -0.05) is 12.1 Å². The van der Waals surface area contributed by atoms with Crippen molar-refractivity contribution in [2.75, 3.05) is 10.6 Å². The molecule has 0 amide bonds. The molecule has 0 bridgehead atoms. The third-order valence-electron chi connectivity index (χ3n) is 3.50. The van der Waals surface area contributed by atoms with E-state index in [1.807, 2.05) is 0 Å². The summed E-state index contributed by atoms with van der Waals surface area (Å²) in [5, 5.41) is 5.92. The molecule has 1 aromatic heterocycles. The van der Waals surface area contributed by atoms with Crippen LogP contribution in [-0.2, 0) is 12.7 Å². The number of rotatable bonds is 5. The van der Waals surface area contributed by atoms with Gasteiger partial charge >= 0.3 is 6.18 Å². The van der Waals surface area contributed by atoms with Crippen molar-refractivity contribution in [2.24, 2.45) is 0 Å². The Balaban J connectivity index is 1.64. The highest BCUT2D eigenvalue weighted by Crippen LogP contribution is 2.30. The molecule has 0 aliphatic heterocycles. The first-order chi connectivity index (χ1) is 12.4. The molecule has 0 unspecified atom stereocenters. The zero-order valence-corrected chi connectivity index (χ0v) is 13.4. The zero-order valence-electron chi connectivity index (χ0n) is 13.4. The van der Waals surface area contributed by atoms with Gasteiger partial charge in [0.15, 0.2) is 0 Å². The number of anilines is 3. The van der Waals surface area contributed by atoms with Crippen molar-refractivity contribution >= 4 is 17.5 Å². The maximum absolute atomic E-state index is 12.9. The minimum Gasteiger partial charge on any atom is -0.350 e. The van der Waals surface area contributed by atoms with Gasteiger partial charge in [-0.3, -0.25) is 0 Å². The smallest absolute Gasteiger partial charge is 0.350 e. The summed E-state index contributed by atoms with van der Waals surface area (Å²) in [5.74, 6) is 0.459. The van der Waals surface area contributed by atoms with Crippen LogP contribution in [0, 0.1) is 5.82 Å². The minimum absolute atomic E-state index is 0.312. The molecule has 1 heterocycles. The Morgan fingerprint density at radius 1 is 0.885 bits per heavy atom. The summed E-state index contributed by atoms with van der Waals surface area (Å²) in [4.78, 5) is 8.32. The second-order valence-corrected chi connectivity index (χ2v) is 5.45. The third-order valence-corrected chi connectivity index (χ3v) is 3.50. The fraction of sp³-hybridized carbons (Fsp3) is 0.111. The van der Waals surface area contributed by atoms with Gasteiger partial charge in [0.1, 0.15) is 11.6 Å². The van der Waals surface area contributed by atoms with Crippen LogP contribution in [0.25, 0.3) is 0 Å². The summed E-state index contributed by atoms with van der Waals surface area (Å²) in [6.45, 7) is 0.407. The highest BCUT2D eigenvalue weighted by Gasteiger charge is 2.29. The summed E-state index contributed by atoms with van der Waals surface area (Å²) in [6, 6.07) is 12.3. The molecule has 0 saturated carbocycles. The topological polar surface area (TPSA) is 49.8 Å². The maximum Gasteiger partial charge on any atom is 0.416 e. The van der Waals surface area contributed by atoms with E-state index in [9.17, 15) is 17.6 Å². The lowest BCUT2D eigenvalue weighted by atomic mass is 10.2. The fourth-order valence-electron chi connectivity index (χ4n) is 2.19. The molecule has 3 rings (SSSR count). The van der Waals surface area contributed by atoms with Gasteiger partial charge in [0, 0.05) is 18.4 Å². The van der Waals surface area contributed by atoms with Gasteiger partial charge in [0.05, 0.1) is 5.56 Å². The monoisotopic (exact) mass is 362 g/mol. The van der Waals surface area contributed by atoms with Gasteiger partial charge in [0.25, 0.3) is 0 Å². The van der Waals surface area contributed by atoms with Gasteiger partial charge in [-0.25, -0.2) is 9.37 Å². The molecule has 2 N–H and O–H groups in total. The Bertz CT molecular complexity index is 862. The third kappa shape index (κ3) is 4.69. The van der Waals surface area contributed by atoms with Crippen LogP contribution in [0.15, 0.2) is 60.8 Å². The summed E-state index contributed by atoms with van der Waals surface area (Å²) >= 11 is 0. The van der Waals surface area contributed by atoms with Crippen molar-refractivity contribution in [3.05, 3.63) is 77.7 Å². The first kappa shape index (κ1) is 17.7. The van der Waals surface area contributed by atoms with Gasteiger partial charge < -0.3 is 10.6 Å². The molecule has 3 aromatic rings. The number of alkyl halides is 3. The van der Waals surface area contributed by atoms with E-state index in [0.717, 1.165) is 17.7 Å². The minimum atomic E-state index is -4.37. The highest BCUT2D eigenvalue weighted by atomic mass is 19.4. The van der Waals surface area contributed by atoms with E-state index in [-0.39, 0.29) is 5.82 Å². The molecule has 0 spiro atoms. The first-order valence-corrected chi connectivity index (χ1v) is 7.66. The number of halogens is 4. The number of hydrogen-bond acceptors (Lipinski definition) is 4. The standard InChI is InChI=1S/C18H14F4N4/c19-14-5-1-12(2-6-14)11-24-17-23-10-9-16(26-17)25-15-7-3-13(4-8-15)18(20,21)22/h1-10H,11H2,(H2,23,24,25,26). The Labute approximate surface area is 146 Å². The first-order valence-electron chi connectivity index (χ1n) is 7.66. The summed E-state index contributed by atoms with van der Waals surface area (Å²) in [7, 11) is 0. The summed E-state index contributed by atoms with van der Waals surface area (Å²) in [6.07, 6.45) is -2.85. The number of hydrogen-bond donors (Lipinski definition) is 2. The second-order valence-electron chi connectivity index (χ2n) is 5.45. The molecule has 0 saturated heterocycles. The zero-order chi connectivity index (χ0) is 18.6. The average Bonchev–Trinajstić information content (AvgIpc) is 2.61. The average molecular weight is 362 g/mol. The molecule has 0 atom stereocenters. The maximum atomic E-state index is 12.9. The van der Waals surface area contributed by atoms with Gasteiger partial charge in [-0.2, -0.15) is 18.2 Å². The molecule has 0 aliphatic rings.